The Bertz CT molecular complexity index is 639. The Morgan fingerprint density at radius 1 is 1.12 bits per heavy atom. The Balaban J connectivity index is 1.50. The first kappa shape index (κ1) is 18.5. The number of rotatable bonds is 6. The highest BCUT2D eigenvalue weighted by Gasteiger charge is 2.18. The standard InChI is InChI=1S/C20H28N2O4/c1-15(23)22(13-16-8-9-18-19(12-16)26-14-25-18)11-10-20(24)21-17-6-4-2-3-5-7-17/h8-9,12,17H,2-7,10-11,13-14H2,1H3,(H,21,24). The second-order valence-corrected chi connectivity index (χ2v) is 7.13. The van der Waals surface area contributed by atoms with Gasteiger partial charge >= 0.3 is 0 Å². The van der Waals surface area contributed by atoms with E-state index in [1.807, 2.05) is 18.2 Å². The van der Waals surface area contributed by atoms with Crippen molar-refractivity contribution in [1.29, 1.82) is 0 Å². The third kappa shape index (κ3) is 5.13. The van der Waals surface area contributed by atoms with E-state index in [1.165, 1.54) is 32.6 Å². The molecule has 1 aliphatic carbocycles. The molecule has 0 bridgehead atoms. The molecule has 1 aromatic carbocycles. The van der Waals surface area contributed by atoms with Crippen LogP contribution in [-0.2, 0) is 16.1 Å². The van der Waals surface area contributed by atoms with Gasteiger partial charge in [-0.2, -0.15) is 0 Å². The SMILES string of the molecule is CC(=O)N(CCC(=O)NC1CCCCCC1)Cc1ccc2c(c1)OCO2. The van der Waals surface area contributed by atoms with Gasteiger partial charge in [0.1, 0.15) is 0 Å². The minimum Gasteiger partial charge on any atom is -0.454 e. The first-order chi connectivity index (χ1) is 12.6. The molecule has 1 N–H and O–H groups in total. The van der Waals surface area contributed by atoms with Crippen LogP contribution in [0.1, 0.15) is 57.4 Å². The highest BCUT2D eigenvalue weighted by atomic mass is 16.7. The van der Waals surface area contributed by atoms with E-state index in [0.717, 1.165) is 24.2 Å². The number of benzene rings is 1. The van der Waals surface area contributed by atoms with Gasteiger partial charge in [-0.15, -0.1) is 0 Å². The highest BCUT2D eigenvalue weighted by Crippen LogP contribution is 2.32. The number of nitrogens with one attached hydrogen (secondary N) is 1. The molecular weight excluding hydrogens is 332 g/mol. The van der Waals surface area contributed by atoms with E-state index < -0.39 is 0 Å². The molecule has 0 aromatic heterocycles. The second kappa shape index (κ2) is 8.92. The number of carbonyl (C=O) groups excluding carboxylic acids is 2. The zero-order valence-electron chi connectivity index (χ0n) is 15.5. The third-order valence-corrected chi connectivity index (χ3v) is 5.08. The van der Waals surface area contributed by atoms with Crippen molar-refractivity contribution in [2.24, 2.45) is 0 Å². The van der Waals surface area contributed by atoms with E-state index in [-0.39, 0.29) is 18.6 Å². The Labute approximate surface area is 154 Å². The molecule has 0 saturated heterocycles. The number of hydrogen-bond acceptors (Lipinski definition) is 4. The minimum absolute atomic E-state index is 0.0360. The second-order valence-electron chi connectivity index (χ2n) is 7.13. The topological polar surface area (TPSA) is 67.9 Å². The predicted octanol–water partition coefficient (Wildman–Crippen LogP) is 2.99. The first-order valence-corrected chi connectivity index (χ1v) is 9.55. The van der Waals surface area contributed by atoms with E-state index in [0.29, 0.717) is 31.3 Å². The summed E-state index contributed by atoms with van der Waals surface area (Å²) in [6, 6.07) is 5.97. The van der Waals surface area contributed by atoms with Gasteiger partial charge in [-0.25, -0.2) is 0 Å². The van der Waals surface area contributed by atoms with Crippen LogP contribution in [0, 0.1) is 0 Å². The molecule has 1 heterocycles. The van der Waals surface area contributed by atoms with Crippen molar-refractivity contribution in [3.63, 3.8) is 0 Å². The van der Waals surface area contributed by atoms with E-state index >= 15 is 0 Å². The molecule has 26 heavy (non-hydrogen) atoms. The van der Waals surface area contributed by atoms with Crippen molar-refractivity contribution in [3.8, 4) is 11.5 Å². The quantitative estimate of drug-likeness (QED) is 0.792. The summed E-state index contributed by atoms with van der Waals surface area (Å²) in [4.78, 5) is 25.9. The molecule has 142 valence electrons. The predicted molar refractivity (Wildman–Crippen MR) is 97.9 cm³/mol. The summed E-state index contributed by atoms with van der Waals surface area (Å²) in [5.74, 6) is 1.43. The minimum atomic E-state index is -0.0371. The van der Waals surface area contributed by atoms with Crippen LogP contribution in [0.4, 0.5) is 0 Å². The maximum absolute atomic E-state index is 12.3. The monoisotopic (exact) mass is 360 g/mol. The van der Waals surface area contributed by atoms with Crippen LogP contribution >= 0.6 is 0 Å². The molecule has 6 nitrogen and oxygen atoms in total. The molecule has 1 aliphatic heterocycles. The summed E-state index contributed by atoms with van der Waals surface area (Å²) in [6.07, 6.45) is 7.38. The average molecular weight is 360 g/mol. The number of amides is 2. The summed E-state index contributed by atoms with van der Waals surface area (Å²) < 4.78 is 10.7. The lowest BCUT2D eigenvalue weighted by atomic mass is 10.1. The molecule has 0 radical (unpaired) electrons. The molecule has 0 atom stereocenters. The van der Waals surface area contributed by atoms with Gasteiger partial charge in [-0.05, 0) is 30.5 Å². The van der Waals surface area contributed by atoms with Crippen LogP contribution in [0.2, 0.25) is 0 Å². The maximum Gasteiger partial charge on any atom is 0.231 e. The molecule has 2 aliphatic rings. The molecule has 1 aromatic rings. The Morgan fingerprint density at radius 3 is 2.58 bits per heavy atom. The normalized spacial score (nSPS) is 16.8. The largest absolute Gasteiger partial charge is 0.454 e. The van der Waals surface area contributed by atoms with Crippen molar-refractivity contribution < 1.29 is 19.1 Å². The number of hydrogen-bond donors (Lipinski definition) is 1. The van der Waals surface area contributed by atoms with Gasteiger partial charge in [0.15, 0.2) is 11.5 Å². The zero-order chi connectivity index (χ0) is 18.4. The lowest BCUT2D eigenvalue weighted by Crippen LogP contribution is -2.37. The van der Waals surface area contributed by atoms with Crippen LogP contribution in [0.25, 0.3) is 0 Å². The number of ether oxygens (including phenoxy) is 2. The lowest BCUT2D eigenvalue weighted by Gasteiger charge is -2.22. The van der Waals surface area contributed by atoms with Gasteiger partial charge in [0.05, 0.1) is 0 Å². The summed E-state index contributed by atoms with van der Waals surface area (Å²) in [5.41, 5.74) is 0.966. The summed E-state index contributed by atoms with van der Waals surface area (Å²) in [5, 5.41) is 3.14. The molecule has 1 fully saturated rings. The number of nitrogens with zero attached hydrogens (tertiary/aromatic N) is 1. The fourth-order valence-corrected chi connectivity index (χ4v) is 3.57. The van der Waals surface area contributed by atoms with E-state index in [1.54, 1.807) is 4.90 Å². The van der Waals surface area contributed by atoms with Crippen molar-refractivity contribution in [1.82, 2.24) is 10.2 Å². The van der Waals surface area contributed by atoms with Crippen molar-refractivity contribution in [3.05, 3.63) is 23.8 Å². The molecular formula is C20H28N2O4. The van der Waals surface area contributed by atoms with Crippen LogP contribution in [0.5, 0.6) is 11.5 Å². The van der Waals surface area contributed by atoms with E-state index in [4.69, 9.17) is 9.47 Å². The first-order valence-electron chi connectivity index (χ1n) is 9.55. The van der Waals surface area contributed by atoms with E-state index in [9.17, 15) is 9.59 Å². The van der Waals surface area contributed by atoms with Crippen molar-refractivity contribution >= 4 is 11.8 Å². The Kier molecular flexibility index (Phi) is 6.36. The maximum atomic E-state index is 12.3. The average Bonchev–Trinajstić information content (AvgIpc) is 2.94. The van der Waals surface area contributed by atoms with Gasteiger partial charge in [-0.3, -0.25) is 9.59 Å². The Morgan fingerprint density at radius 2 is 1.85 bits per heavy atom. The number of fused-ring (bicyclic) bond motifs is 1. The van der Waals surface area contributed by atoms with Gasteiger partial charge in [-0.1, -0.05) is 31.7 Å². The molecule has 0 spiro atoms. The number of carbonyl (C=O) groups is 2. The fraction of sp³-hybridized carbons (Fsp3) is 0.600. The van der Waals surface area contributed by atoms with Crippen molar-refractivity contribution in [2.75, 3.05) is 13.3 Å². The van der Waals surface area contributed by atoms with Gasteiger partial charge < -0.3 is 19.7 Å². The van der Waals surface area contributed by atoms with Gasteiger partial charge in [0.2, 0.25) is 18.6 Å². The van der Waals surface area contributed by atoms with Gasteiger partial charge in [0, 0.05) is 32.5 Å². The van der Waals surface area contributed by atoms with Crippen molar-refractivity contribution in [2.45, 2.75) is 64.5 Å². The summed E-state index contributed by atoms with van der Waals surface area (Å²) >= 11 is 0. The van der Waals surface area contributed by atoms with Crippen LogP contribution < -0.4 is 14.8 Å². The van der Waals surface area contributed by atoms with Crippen LogP contribution in [0.15, 0.2) is 18.2 Å². The summed E-state index contributed by atoms with van der Waals surface area (Å²) in [6.45, 7) is 2.65. The molecule has 1 saturated carbocycles. The fourth-order valence-electron chi connectivity index (χ4n) is 3.57. The zero-order valence-corrected chi connectivity index (χ0v) is 15.5. The molecule has 6 heteroatoms. The smallest absolute Gasteiger partial charge is 0.231 e. The Hall–Kier alpha value is -2.24. The molecule has 3 rings (SSSR count). The molecule has 2 amide bonds. The third-order valence-electron chi connectivity index (χ3n) is 5.08. The summed E-state index contributed by atoms with van der Waals surface area (Å²) in [7, 11) is 0. The lowest BCUT2D eigenvalue weighted by molar-refractivity contribution is -0.130. The van der Waals surface area contributed by atoms with Crippen LogP contribution in [0.3, 0.4) is 0 Å². The molecule has 0 unspecified atom stereocenters. The highest BCUT2D eigenvalue weighted by molar-refractivity contribution is 5.78. The van der Waals surface area contributed by atoms with Gasteiger partial charge in [0.25, 0.3) is 0 Å². The van der Waals surface area contributed by atoms with E-state index in [2.05, 4.69) is 5.32 Å². The van der Waals surface area contributed by atoms with Crippen LogP contribution in [-0.4, -0.2) is 36.1 Å².